The van der Waals surface area contributed by atoms with Crippen LogP contribution in [0.15, 0.2) is 36.1 Å². The van der Waals surface area contributed by atoms with Crippen molar-refractivity contribution in [1.82, 2.24) is 0 Å². The van der Waals surface area contributed by atoms with Crippen LogP contribution < -0.4 is 0 Å². The maximum Gasteiger partial charge on any atom is 0.170 e. The monoisotopic (exact) mass is 430 g/mol. The average molecular weight is 431 g/mol. The van der Waals surface area contributed by atoms with Crippen molar-refractivity contribution in [3.05, 3.63) is 63.1 Å². The highest BCUT2D eigenvalue weighted by atomic mass is 35.5. The minimum Gasteiger partial charge on any atom is -0.511 e. The molecule has 0 heterocycles. The van der Waals surface area contributed by atoms with Crippen molar-refractivity contribution in [2.45, 2.75) is 32.6 Å². The first-order valence-corrected chi connectivity index (χ1v) is 10.9. The number of fused-ring (bicyclic) bond motifs is 5. The highest BCUT2D eigenvalue weighted by molar-refractivity contribution is 6.42. The van der Waals surface area contributed by atoms with E-state index in [0.29, 0.717) is 40.5 Å². The molecule has 1 N–H and O–H groups in total. The van der Waals surface area contributed by atoms with Gasteiger partial charge in [0.1, 0.15) is 5.76 Å². The second-order valence-electron chi connectivity index (χ2n) is 8.46. The smallest absolute Gasteiger partial charge is 0.170 e. The van der Waals surface area contributed by atoms with Crippen molar-refractivity contribution in [2.75, 3.05) is 0 Å². The largest absolute Gasteiger partial charge is 0.511 e. The Morgan fingerprint density at radius 2 is 1.79 bits per heavy atom. The maximum atomic E-state index is 14.7. The Morgan fingerprint density at radius 3 is 2.48 bits per heavy atom. The summed E-state index contributed by atoms with van der Waals surface area (Å²) in [7, 11) is 0. The first kappa shape index (κ1) is 19.1. The number of hydrogen-bond acceptors (Lipinski definition) is 2. The van der Waals surface area contributed by atoms with Gasteiger partial charge in [-0.15, -0.1) is 0 Å². The molecule has 3 aliphatic carbocycles. The van der Waals surface area contributed by atoms with Gasteiger partial charge in [0.2, 0.25) is 0 Å². The molecule has 2 bridgehead atoms. The van der Waals surface area contributed by atoms with Gasteiger partial charge in [0.25, 0.3) is 0 Å². The Labute approximate surface area is 179 Å². The third kappa shape index (κ3) is 2.70. The van der Waals surface area contributed by atoms with Crippen molar-refractivity contribution in [2.24, 2.45) is 23.7 Å². The van der Waals surface area contributed by atoms with E-state index < -0.39 is 5.82 Å². The topological polar surface area (TPSA) is 37.3 Å². The van der Waals surface area contributed by atoms with Crippen molar-refractivity contribution >= 4 is 34.6 Å². The fourth-order valence-electron chi connectivity index (χ4n) is 5.83. The van der Waals surface area contributed by atoms with E-state index in [0.717, 1.165) is 24.8 Å². The van der Waals surface area contributed by atoms with Crippen LogP contribution in [0.4, 0.5) is 4.39 Å². The molecule has 0 radical (unpaired) electrons. The Balaban J connectivity index is 1.65. The molecule has 0 aromatic heterocycles. The fraction of sp³-hybridized carbons (Fsp3) is 0.375. The van der Waals surface area contributed by atoms with Gasteiger partial charge in [-0.05, 0) is 72.4 Å². The summed E-state index contributed by atoms with van der Waals surface area (Å²) in [5.41, 5.74) is 3.06. The number of allylic oxidation sites excluding steroid dienone is 2. The number of Topliss-reactive ketones (excluding diaryl/α,β-unsaturated/α-hetero) is 1. The molecule has 5 rings (SSSR count). The van der Waals surface area contributed by atoms with Gasteiger partial charge in [0, 0.05) is 17.4 Å². The van der Waals surface area contributed by atoms with Gasteiger partial charge in [-0.25, -0.2) is 4.39 Å². The zero-order chi connectivity index (χ0) is 20.4. The number of benzene rings is 2. The number of aliphatic hydroxyl groups is 1. The quantitative estimate of drug-likeness (QED) is 0.538. The van der Waals surface area contributed by atoms with Gasteiger partial charge in [-0.1, -0.05) is 42.3 Å². The lowest BCUT2D eigenvalue weighted by molar-refractivity contribution is -0.118. The van der Waals surface area contributed by atoms with Gasteiger partial charge >= 0.3 is 0 Å². The summed E-state index contributed by atoms with van der Waals surface area (Å²) in [6, 6.07) is 8.70. The summed E-state index contributed by atoms with van der Waals surface area (Å²) in [5, 5.41) is 11.1. The van der Waals surface area contributed by atoms with Gasteiger partial charge in [-0.3, -0.25) is 4.79 Å². The standard InChI is InChI=1S/C24H21Cl2FO2/c1-2-11-3-4-12(15-7-8-17(25)21(26)22(15)27)10-16(11)20-23(28)18-13-5-6-14(9-13)19(18)24(20)29/h3-4,7-8,10,13-14,18-19,28H,2,5-6,9H2,1H3/t13-,14+,18-,19+/m1/s1. The lowest BCUT2D eigenvalue weighted by Crippen LogP contribution is -2.24. The molecule has 4 atom stereocenters. The molecule has 150 valence electrons. The summed E-state index contributed by atoms with van der Waals surface area (Å²) >= 11 is 11.9. The number of ketones is 1. The van der Waals surface area contributed by atoms with E-state index in [1.165, 1.54) is 0 Å². The molecular weight excluding hydrogens is 410 g/mol. The number of aryl methyl sites for hydroxylation is 1. The Bertz CT molecular complexity index is 1070. The molecule has 0 aliphatic heterocycles. The minimum atomic E-state index is -0.583. The van der Waals surface area contributed by atoms with Crippen molar-refractivity contribution in [3.8, 4) is 11.1 Å². The van der Waals surface area contributed by atoms with Gasteiger partial charge in [-0.2, -0.15) is 0 Å². The van der Waals surface area contributed by atoms with E-state index in [1.54, 1.807) is 12.1 Å². The van der Waals surface area contributed by atoms with Crippen LogP contribution in [0.25, 0.3) is 16.7 Å². The number of carbonyl (C=O) groups excluding carboxylic acids is 1. The van der Waals surface area contributed by atoms with E-state index in [4.69, 9.17) is 23.2 Å². The zero-order valence-corrected chi connectivity index (χ0v) is 17.5. The predicted molar refractivity (Wildman–Crippen MR) is 114 cm³/mol. The van der Waals surface area contributed by atoms with Crippen LogP contribution in [-0.2, 0) is 11.2 Å². The second-order valence-corrected chi connectivity index (χ2v) is 9.24. The maximum absolute atomic E-state index is 14.7. The van der Waals surface area contributed by atoms with E-state index in [1.807, 2.05) is 25.1 Å². The number of hydrogen-bond donors (Lipinski definition) is 1. The highest BCUT2D eigenvalue weighted by Crippen LogP contribution is 2.60. The minimum absolute atomic E-state index is 0.0358. The molecular formula is C24H21Cl2FO2. The molecule has 2 nitrogen and oxygen atoms in total. The first-order chi connectivity index (χ1) is 13.9. The van der Waals surface area contributed by atoms with E-state index in [2.05, 4.69) is 0 Å². The molecule has 0 amide bonds. The molecule has 2 fully saturated rings. The second kappa shape index (κ2) is 6.85. The van der Waals surface area contributed by atoms with Crippen LogP contribution in [0.1, 0.15) is 37.3 Å². The Morgan fingerprint density at radius 1 is 1.07 bits per heavy atom. The number of rotatable bonds is 3. The van der Waals surface area contributed by atoms with E-state index in [-0.39, 0.29) is 33.4 Å². The van der Waals surface area contributed by atoms with Crippen LogP contribution in [0.2, 0.25) is 10.0 Å². The molecule has 0 saturated heterocycles. The van der Waals surface area contributed by atoms with Crippen LogP contribution in [0.3, 0.4) is 0 Å². The summed E-state index contributed by atoms with van der Waals surface area (Å²) in [4.78, 5) is 13.3. The molecule has 3 aliphatic rings. The van der Waals surface area contributed by atoms with E-state index >= 15 is 0 Å². The lowest BCUT2D eigenvalue weighted by atomic mass is 9.80. The predicted octanol–water partition coefficient (Wildman–Crippen LogP) is 6.88. The molecule has 5 heteroatoms. The van der Waals surface area contributed by atoms with Crippen LogP contribution in [0.5, 0.6) is 0 Å². The van der Waals surface area contributed by atoms with Crippen molar-refractivity contribution in [3.63, 3.8) is 0 Å². The third-order valence-corrected chi connectivity index (χ3v) is 7.92. The molecule has 0 spiro atoms. The molecule has 0 unspecified atom stereocenters. The first-order valence-electron chi connectivity index (χ1n) is 10.2. The van der Waals surface area contributed by atoms with Crippen LogP contribution in [-0.4, -0.2) is 10.9 Å². The number of carbonyl (C=O) groups is 1. The summed E-state index contributed by atoms with van der Waals surface area (Å²) in [5.74, 6) is 0.394. The lowest BCUT2D eigenvalue weighted by Gasteiger charge is -2.23. The SMILES string of the molecule is CCc1ccc(-c2ccc(Cl)c(Cl)c2F)cc1C1=C(O)[C@@H]2[C@@H]3CC[C@@H](C3)[C@@H]2C1=O. The molecule has 2 saturated carbocycles. The third-order valence-electron chi connectivity index (χ3n) is 7.14. The van der Waals surface area contributed by atoms with Gasteiger partial charge in [0.05, 0.1) is 15.6 Å². The van der Waals surface area contributed by atoms with Crippen molar-refractivity contribution in [1.29, 1.82) is 0 Å². The molecule has 2 aromatic carbocycles. The zero-order valence-electron chi connectivity index (χ0n) is 16.0. The number of aliphatic hydroxyl groups excluding tert-OH is 1. The van der Waals surface area contributed by atoms with Crippen molar-refractivity contribution < 1.29 is 14.3 Å². The summed E-state index contributed by atoms with van der Waals surface area (Å²) in [6.45, 7) is 2.01. The summed E-state index contributed by atoms with van der Waals surface area (Å²) in [6.07, 6.45) is 3.93. The van der Waals surface area contributed by atoms with Crippen LogP contribution >= 0.6 is 23.2 Å². The molecule has 2 aromatic rings. The normalized spacial score (nSPS) is 27.8. The molecule has 29 heavy (non-hydrogen) atoms. The average Bonchev–Trinajstić information content (AvgIpc) is 3.40. The fourth-order valence-corrected chi connectivity index (χ4v) is 6.14. The summed E-state index contributed by atoms with van der Waals surface area (Å²) < 4.78 is 14.7. The highest BCUT2D eigenvalue weighted by Gasteiger charge is 2.57. The van der Waals surface area contributed by atoms with E-state index in [9.17, 15) is 14.3 Å². The van der Waals surface area contributed by atoms with Gasteiger partial charge in [0.15, 0.2) is 11.6 Å². The van der Waals surface area contributed by atoms with Gasteiger partial charge < -0.3 is 5.11 Å². The number of halogens is 3. The Hall–Kier alpha value is -1.84. The van der Waals surface area contributed by atoms with Crippen LogP contribution in [0, 0.1) is 29.5 Å². The Kier molecular flexibility index (Phi) is 4.52.